The van der Waals surface area contributed by atoms with Gasteiger partial charge in [-0.15, -0.1) is 0 Å². The van der Waals surface area contributed by atoms with Gasteiger partial charge in [-0.3, -0.25) is 19.7 Å². The molecule has 0 radical (unpaired) electrons. The van der Waals surface area contributed by atoms with Gasteiger partial charge in [0.05, 0.1) is 11.3 Å². The summed E-state index contributed by atoms with van der Waals surface area (Å²) in [5.74, 6) is -0.111. The number of pyridine rings is 3. The minimum atomic E-state index is -1.33. The highest BCUT2D eigenvalue weighted by Gasteiger charge is 2.37. The SMILES string of the molecule is Cc1ccc(CC2(F)CCN(C(=O)c3cccnc3-c3ccncc3)CC2)nc1. The number of carbonyl (C=O) groups is 1. The second-order valence-corrected chi connectivity index (χ2v) is 7.58. The molecular formula is C23H23FN4O. The quantitative estimate of drug-likeness (QED) is 0.675. The van der Waals surface area contributed by atoms with Crippen LogP contribution in [0.1, 0.15) is 34.5 Å². The van der Waals surface area contributed by atoms with Crippen molar-refractivity contribution in [1.82, 2.24) is 19.9 Å². The van der Waals surface area contributed by atoms with E-state index in [-0.39, 0.29) is 12.3 Å². The van der Waals surface area contributed by atoms with Gasteiger partial charge in [-0.05, 0) is 55.7 Å². The Balaban J connectivity index is 1.47. The molecule has 0 saturated carbocycles. The third-order valence-electron chi connectivity index (χ3n) is 5.41. The first-order chi connectivity index (χ1) is 14.0. The minimum absolute atomic E-state index is 0.111. The summed E-state index contributed by atoms with van der Waals surface area (Å²) in [4.78, 5) is 27.6. The van der Waals surface area contributed by atoms with Crippen LogP contribution in [0.25, 0.3) is 11.3 Å². The molecule has 148 valence electrons. The Morgan fingerprint density at radius 2 is 1.83 bits per heavy atom. The lowest BCUT2D eigenvalue weighted by Gasteiger charge is -2.36. The molecule has 0 aromatic carbocycles. The predicted molar refractivity (Wildman–Crippen MR) is 109 cm³/mol. The number of alkyl halides is 1. The van der Waals surface area contributed by atoms with Crippen LogP contribution in [0.5, 0.6) is 0 Å². The number of aromatic nitrogens is 3. The molecule has 1 fully saturated rings. The highest BCUT2D eigenvalue weighted by Crippen LogP contribution is 2.31. The van der Waals surface area contributed by atoms with Gasteiger partial charge >= 0.3 is 0 Å². The van der Waals surface area contributed by atoms with E-state index in [1.807, 2.05) is 31.2 Å². The summed E-state index contributed by atoms with van der Waals surface area (Å²) >= 11 is 0. The highest BCUT2D eigenvalue weighted by molar-refractivity contribution is 5.99. The fourth-order valence-corrected chi connectivity index (χ4v) is 3.70. The van der Waals surface area contributed by atoms with E-state index in [0.717, 1.165) is 16.8 Å². The molecule has 6 heteroatoms. The van der Waals surface area contributed by atoms with Crippen molar-refractivity contribution in [2.75, 3.05) is 13.1 Å². The minimum Gasteiger partial charge on any atom is -0.338 e. The maximum absolute atomic E-state index is 15.3. The van der Waals surface area contributed by atoms with E-state index in [4.69, 9.17) is 0 Å². The lowest BCUT2D eigenvalue weighted by molar-refractivity contribution is 0.0434. The van der Waals surface area contributed by atoms with Gasteiger partial charge in [0.2, 0.25) is 0 Å². The lowest BCUT2D eigenvalue weighted by Crippen LogP contribution is -2.45. The molecule has 0 bridgehead atoms. The second-order valence-electron chi connectivity index (χ2n) is 7.58. The average molecular weight is 390 g/mol. The van der Waals surface area contributed by atoms with Crippen LogP contribution in [-0.2, 0) is 6.42 Å². The summed E-state index contributed by atoms with van der Waals surface area (Å²) in [6, 6.07) is 11.0. The standard InChI is InChI=1S/C23H23FN4O/c1-17-4-5-19(27-16-17)15-23(24)8-13-28(14-9-23)22(29)20-3-2-10-26-21(20)18-6-11-25-12-7-18/h2-7,10-12,16H,8-9,13-15H2,1H3. The first-order valence-electron chi connectivity index (χ1n) is 9.79. The number of aryl methyl sites for hydroxylation is 1. The van der Waals surface area contributed by atoms with Gasteiger partial charge in [-0.1, -0.05) is 6.07 Å². The van der Waals surface area contributed by atoms with Gasteiger partial charge in [0.15, 0.2) is 0 Å². The summed E-state index contributed by atoms with van der Waals surface area (Å²) in [6.07, 6.45) is 7.68. The van der Waals surface area contributed by atoms with E-state index in [2.05, 4.69) is 15.0 Å². The molecule has 0 N–H and O–H groups in total. The average Bonchev–Trinajstić information content (AvgIpc) is 2.76. The number of likely N-dealkylation sites (tertiary alicyclic amines) is 1. The molecule has 0 aliphatic carbocycles. The summed E-state index contributed by atoms with van der Waals surface area (Å²) in [5, 5.41) is 0. The molecule has 0 spiro atoms. The number of hydrogen-bond acceptors (Lipinski definition) is 4. The van der Waals surface area contributed by atoms with Crippen molar-refractivity contribution in [3.63, 3.8) is 0 Å². The van der Waals surface area contributed by atoms with Crippen molar-refractivity contribution in [3.8, 4) is 11.3 Å². The van der Waals surface area contributed by atoms with E-state index >= 15 is 4.39 Å². The van der Waals surface area contributed by atoms with E-state index in [0.29, 0.717) is 37.2 Å². The van der Waals surface area contributed by atoms with Crippen LogP contribution in [0.15, 0.2) is 61.2 Å². The molecule has 0 atom stereocenters. The smallest absolute Gasteiger partial charge is 0.256 e. The number of piperidine rings is 1. The molecule has 1 amide bonds. The second kappa shape index (κ2) is 8.07. The predicted octanol–water partition coefficient (Wildman–Crippen LogP) is 4.03. The maximum atomic E-state index is 15.3. The van der Waals surface area contributed by atoms with E-state index in [1.54, 1.807) is 41.8 Å². The zero-order valence-corrected chi connectivity index (χ0v) is 16.4. The highest BCUT2D eigenvalue weighted by atomic mass is 19.1. The third kappa shape index (κ3) is 4.31. The topological polar surface area (TPSA) is 59.0 Å². The van der Waals surface area contributed by atoms with E-state index in [9.17, 15) is 4.79 Å². The van der Waals surface area contributed by atoms with Gasteiger partial charge in [0, 0.05) is 55.6 Å². The Morgan fingerprint density at radius 1 is 1.07 bits per heavy atom. The molecule has 1 aliphatic rings. The van der Waals surface area contributed by atoms with Crippen molar-refractivity contribution in [1.29, 1.82) is 0 Å². The van der Waals surface area contributed by atoms with Crippen LogP contribution < -0.4 is 0 Å². The molecule has 1 aliphatic heterocycles. The fraction of sp³-hybridized carbons (Fsp3) is 0.304. The molecule has 3 aromatic heterocycles. The molecule has 0 unspecified atom stereocenters. The molecule has 1 saturated heterocycles. The van der Waals surface area contributed by atoms with Gasteiger partial charge < -0.3 is 4.90 Å². The number of halogens is 1. The summed E-state index contributed by atoms with van der Waals surface area (Å²) in [7, 11) is 0. The van der Waals surface area contributed by atoms with Crippen molar-refractivity contribution in [2.45, 2.75) is 31.9 Å². The van der Waals surface area contributed by atoms with Crippen molar-refractivity contribution < 1.29 is 9.18 Å². The molecule has 4 rings (SSSR count). The van der Waals surface area contributed by atoms with Crippen LogP contribution in [0.2, 0.25) is 0 Å². The van der Waals surface area contributed by atoms with Gasteiger partial charge in [0.1, 0.15) is 5.67 Å². The Kier molecular flexibility index (Phi) is 5.34. The number of rotatable bonds is 4. The largest absolute Gasteiger partial charge is 0.338 e. The Labute approximate surface area is 169 Å². The number of amides is 1. The Hall–Kier alpha value is -3.15. The molecule has 3 aromatic rings. The van der Waals surface area contributed by atoms with E-state index < -0.39 is 5.67 Å². The summed E-state index contributed by atoms with van der Waals surface area (Å²) < 4.78 is 15.3. The molecular weight excluding hydrogens is 367 g/mol. The zero-order valence-electron chi connectivity index (χ0n) is 16.4. The number of hydrogen-bond donors (Lipinski definition) is 0. The Bertz CT molecular complexity index is 983. The normalized spacial score (nSPS) is 15.9. The van der Waals surface area contributed by atoms with Crippen LogP contribution in [0.4, 0.5) is 4.39 Å². The van der Waals surface area contributed by atoms with Crippen LogP contribution in [0.3, 0.4) is 0 Å². The van der Waals surface area contributed by atoms with Crippen molar-refractivity contribution >= 4 is 5.91 Å². The van der Waals surface area contributed by atoms with Crippen LogP contribution in [0, 0.1) is 6.92 Å². The zero-order chi connectivity index (χ0) is 20.3. The maximum Gasteiger partial charge on any atom is 0.256 e. The third-order valence-corrected chi connectivity index (χ3v) is 5.41. The summed E-state index contributed by atoms with van der Waals surface area (Å²) in [5.41, 5.74) is 2.48. The van der Waals surface area contributed by atoms with Gasteiger partial charge in [0.25, 0.3) is 5.91 Å². The van der Waals surface area contributed by atoms with Crippen LogP contribution in [-0.4, -0.2) is 44.5 Å². The first-order valence-corrected chi connectivity index (χ1v) is 9.79. The molecule has 5 nitrogen and oxygen atoms in total. The van der Waals surface area contributed by atoms with E-state index in [1.165, 1.54) is 0 Å². The van der Waals surface area contributed by atoms with Gasteiger partial charge in [-0.25, -0.2) is 4.39 Å². The number of carbonyl (C=O) groups excluding carboxylic acids is 1. The first kappa shape index (κ1) is 19.2. The van der Waals surface area contributed by atoms with Crippen molar-refractivity contribution in [3.05, 3.63) is 78.0 Å². The fourth-order valence-electron chi connectivity index (χ4n) is 3.70. The van der Waals surface area contributed by atoms with Crippen molar-refractivity contribution in [2.24, 2.45) is 0 Å². The monoisotopic (exact) mass is 390 g/mol. The van der Waals surface area contributed by atoms with Gasteiger partial charge in [-0.2, -0.15) is 0 Å². The molecule has 29 heavy (non-hydrogen) atoms. The number of nitrogens with zero attached hydrogens (tertiary/aromatic N) is 4. The Morgan fingerprint density at radius 3 is 2.52 bits per heavy atom. The lowest BCUT2D eigenvalue weighted by atomic mass is 9.88. The molecule has 4 heterocycles. The van der Waals surface area contributed by atoms with Crippen LogP contribution >= 0.6 is 0 Å². The summed E-state index contributed by atoms with van der Waals surface area (Å²) in [6.45, 7) is 2.72.